The average Bonchev–Trinajstić information content (AvgIpc) is 3.47. The summed E-state index contributed by atoms with van der Waals surface area (Å²) in [7, 11) is 1.58. The summed E-state index contributed by atoms with van der Waals surface area (Å²) in [6.07, 6.45) is 3.68. The number of aromatic nitrogens is 2. The van der Waals surface area contributed by atoms with Crippen molar-refractivity contribution in [3.05, 3.63) is 94.1 Å². The molecule has 1 N–H and O–H groups in total. The van der Waals surface area contributed by atoms with E-state index in [0.29, 0.717) is 22.8 Å². The number of carbonyl (C=O) groups excluding carboxylic acids is 3. The third kappa shape index (κ3) is 5.63. The van der Waals surface area contributed by atoms with E-state index >= 15 is 0 Å². The molecule has 2 aromatic carbocycles. The molecule has 1 saturated heterocycles. The second kappa shape index (κ2) is 11.6. The fourth-order valence-electron chi connectivity index (χ4n) is 4.14. The number of allylic oxidation sites excluding steroid dienone is 1. The number of carbonyl (C=O) groups is 3. The van der Waals surface area contributed by atoms with Gasteiger partial charge < -0.3 is 14.8 Å². The van der Waals surface area contributed by atoms with E-state index in [2.05, 4.69) is 14.9 Å². The molecule has 194 valence electrons. The Kier molecular flexibility index (Phi) is 7.85. The number of amides is 2. The molecule has 38 heavy (non-hydrogen) atoms. The van der Waals surface area contributed by atoms with Gasteiger partial charge in [0.15, 0.2) is 0 Å². The number of fused-ring (bicyclic) bond motifs is 1. The molecule has 0 bridgehead atoms. The van der Waals surface area contributed by atoms with E-state index in [0.717, 1.165) is 11.1 Å². The van der Waals surface area contributed by atoms with Crippen molar-refractivity contribution in [2.24, 2.45) is 0 Å². The molecule has 0 saturated carbocycles. The van der Waals surface area contributed by atoms with E-state index in [1.165, 1.54) is 28.2 Å². The van der Waals surface area contributed by atoms with Gasteiger partial charge in [-0.3, -0.25) is 14.5 Å². The number of rotatable bonds is 9. The monoisotopic (exact) mass is 548 g/mol. The van der Waals surface area contributed by atoms with Crippen molar-refractivity contribution < 1.29 is 23.9 Å². The number of esters is 1. The minimum Gasteiger partial charge on any atom is -0.497 e. The molecule has 1 aromatic heterocycles. The van der Waals surface area contributed by atoms with Crippen LogP contribution in [0, 0.1) is 0 Å². The van der Waals surface area contributed by atoms with Crippen LogP contribution in [0.5, 0.6) is 5.75 Å². The highest BCUT2D eigenvalue weighted by Gasteiger charge is 2.54. The number of nitrogens with one attached hydrogen (secondary N) is 1. The fourth-order valence-corrected chi connectivity index (χ4v) is 5.88. The summed E-state index contributed by atoms with van der Waals surface area (Å²) >= 11 is 2.71. The van der Waals surface area contributed by atoms with Crippen molar-refractivity contribution in [2.45, 2.75) is 24.4 Å². The lowest BCUT2D eigenvalue weighted by Crippen LogP contribution is -2.70. The lowest BCUT2D eigenvalue weighted by atomic mass is 10.0. The van der Waals surface area contributed by atoms with E-state index in [1.807, 2.05) is 42.5 Å². The SMILES string of the molecule is COc1ccc(COC(=O)C2=C(/C=C/c3csnn3)CS[C@@H]3[C@H](NC(=O)Cc4ccccc4)C(=O)N23)cc1. The minimum atomic E-state index is -0.714. The van der Waals surface area contributed by atoms with Crippen LogP contribution in [0.4, 0.5) is 0 Å². The number of benzene rings is 2. The maximum atomic E-state index is 13.3. The number of thioether (sulfide) groups is 1. The van der Waals surface area contributed by atoms with Gasteiger partial charge in [-0.05, 0) is 46.4 Å². The minimum absolute atomic E-state index is 0.0381. The van der Waals surface area contributed by atoms with E-state index < -0.39 is 17.4 Å². The van der Waals surface area contributed by atoms with Crippen molar-refractivity contribution in [3.8, 4) is 5.75 Å². The first-order valence-corrected chi connectivity index (χ1v) is 13.7. The molecule has 11 heteroatoms. The maximum Gasteiger partial charge on any atom is 0.355 e. The van der Waals surface area contributed by atoms with Crippen LogP contribution < -0.4 is 10.1 Å². The van der Waals surface area contributed by atoms with Gasteiger partial charge in [0.2, 0.25) is 5.91 Å². The summed E-state index contributed by atoms with van der Waals surface area (Å²) in [5.41, 5.74) is 3.12. The van der Waals surface area contributed by atoms with Crippen LogP contribution in [0.1, 0.15) is 16.8 Å². The van der Waals surface area contributed by atoms with Crippen LogP contribution >= 0.6 is 23.3 Å². The second-order valence-electron chi connectivity index (χ2n) is 8.58. The van der Waals surface area contributed by atoms with Crippen molar-refractivity contribution >= 4 is 47.2 Å². The Hall–Kier alpha value is -3.96. The molecule has 0 aliphatic carbocycles. The quantitative estimate of drug-likeness (QED) is 0.321. The van der Waals surface area contributed by atoms with E-state index in [9.17, 15) is 14.4 Å². The molecule has 3 aromatic rings. The molecular weight excluding hydrogens is 524 g/mol. The van der Waals surface area contributed by atoms with Gasteiger partial charge in [-0.2, -0.15) is 0 Å². The number of ether oxygens (including phenoxy) is 2. The Morgan fingerprint density at radius 3 is 2.61 bits per heavy atom. The summed E-state index contributed by atoms with van der Waals surface area (Å²) in [6.45, 7) is 0.0381. The third-order valence-electron chi connectivity index (χ3n) is 6.08. The van der Waals surface area contributed by atoms with E-state index in [1.54, 1.807) is 36.8 Å². The number of β-lactam (4-membered cyclic amide) rings is 1. The maximum absolute atomic E-state index is 13.3. The van der Waals surface area contributed by atoms with Crippen molar-refractivity contribution in [1.82, 2.24) is 19.8 Å². The van der Waals surface area contributed by atoms with Gasteiger partial charge in [0.1, 0.15) is 29.5 Å². The predicted octanol–water partition coefficient (Wildman–Crippen LogP) is 3.20. The Morgan fingerprint density at radius 1 is 1.11 bits per heavy atom. The molecule has 2 aliphatic rings. The zero-order valence-electron chi connectivity index (χ0n) is 20.4. The Balaban J connectivity index is 1.32. The molecule has 0 unspecified atom stereocenters. The molecule has 0 spiro atoms. The largest absolute Gasteiger partial charge is 0.497 e. The van der Waals surface area contributed by atoms with Gasteiger partial charge in [0.25, 0.3) is 5.91 Å². The summed E-state index contributed by atoms with van der Waals surface area (Å²) in [4.78, 5) is 40.6. The van der Waals surface area contributed by atoms with Gasteiger partial charge in [-0.15, -0.1) is 16.9 Å². The highest BCUT2D eigenvalue weighted by Crippen LogP contribution is 2.41. The Bertz CT molecular complexity index is 1370. The molecule has 3 heterocycles. The number of nitrogens with zero attached hydrogens (tertiary/aromatic N) is 3. The fraction of sp³-hybridized carbons (Fsp3) is 0.222. The van der Waals surface area contributed by atoms with E-state index in [4.69, 9.17) is 9.47 Å². The lowest BCUT2D eigenvalue weighted by Gasteiger charge is -2.49. The summed E-state index contributed by atoms with van der Waals surface area (Å²) in [5, 5.41) is 8.22. The number of methoxy groups -OCH3 is 1. The molecule has 5 rings (SSSR count). The molecule has 2 amide bonds. The Morgan fingerprint density at radius 2 is 1.89 bits per heavy atom. The van der Waals surface area contributed by atoms with Crippen LogP contribution in [0.3, 0.4) is 0 Å². The van der Waals surface area contributed by atoms with Gasteiger partial charge in [-0.1, -0.05) is 53.0 Å². The highest BCUT2D eigenvalue weighted by atomic mass is 32.2. The van der Waals surface area contributed by atoms with Crippen LogP contribution in [-0.2, 0) is 32.1 Å². The smallest absolute Gasteiger partial charge is 0.355 e. The first-order valence-electron chi connectivity index (χ1n) is 11.8. The standard InChI is InChI=1S/C27H24N4O5S2/c1-35-21-11-7-18(8-12-21)14-36-27(34)24-19(9-10-20-16-38-30-29-20)15-37-26-23(25(33)31(24)26)28-22(32)13-17-5-3-2-4-6-17/h2-12,16,23,26H,13-15H2,1H3,(H,28,32)/b10-9+/t23-,26-/m1/s1. The molecule has 2 aliphatic heterocycles. The third-order valence-corrected chi connectivity index (χ3v) is 7.90. The zero-order chi connectivity index (χ0) is 26.5. The topological polar surface area (TPSA) is 111 Å². The van der Waals surface area contributed by atoms with Gasteiger partial charge in [0, 0.05) is 11.1 Å². The second-order valence-corrected chi connectivity index (χ2v) is 10.3. The van der Waals surface area contributed by atoms with Crippen LogP contribution in [0.25, 0.3) is 6.08 Å². The zero-order valence-corrected chi connectivity index (χ0v) is 22.0. The van der Waals surface area contributed by atoms with Crippen LogP contribution in [0.15, 0.2) is 77.3 Å². The first-order chi connectivity index (χ1) is 18.5. The number of hydrogen-bond donors (Lipinski definition) is 1. The summed E-state index contributed by atoms with van der Waals surface area (Å²) < 4.78 is 14.6. The summed E-state index contributed by atoms with van der Waals surface area (Å²) in [6, 6.07) is 15.8. The normalized spacial score (nSPS) is 18.7. The van der Waals surface area contributed by atoms with Crippen molar-refractivity contribution in [3.63, 3.8) is 0 Å². The predicted molar refractivity (Wildman–Crippen MR) is 144 cm³/mol. The molecule has 0 radical (unpaired) electrons. The summed E-state index contributed by atoms with van der Waals surface area (Å²) in [5.74, 6) is -0.0408. The lowest BCUT2D eigenvalue weighted by molar-refractivity contribution is -0.153. The highest BCUT2D eigenvalue weighted by molar-refractivity contribution is 8.00. The molecule has 9 nitrogen and oxygen atoms in total. The van der Waals surface area contributed by atoms with Crippen molar-refractivity contribution in [2.75, 3.05) is 12.9 Å². The molecule has 2 atom stereocenters. The first kappa shape index (κ1) is 25.7. The van der Waals surface area contributed by atoms with Crippen molar-refractivity contribution in [1.29, 1.82) is 0 Å². The molecule has 1 fully saturated rings. The van der Waals surface area contributed by atoms with Crippen LogP contribution in [-0.4, -0.2) is 56.5 Å². The average molecular weight is 549 g/mol. The van der Waals surface area contributed by atoms with Gasteiger partial charge in [0.05, 0.1) is 19.2 Å². The number of hydrogen-bond acceptors (Lipinski definition) is 9. The van der Waals surface area contributed by atoms with Gasteiger partial charge >= 0.3 is 5.97 Å². The Labute approximate surface area is 227 Å². The van der Waals surface area contributed by atoms with E-state index in [-0.39, 0.29) is 30.5 Å². The van der Waals surface area contributed by atoms with Gasteiger partial charge in [-0.25, -0.2) is 4.79 Å². The molecular formula is C27H24N4O5S2. The van der Waals surface area contributed by atoms with Crippen LogP contribution in [0.2, 0.25) is 0 Å².